The molecule has 8 heteroatoms. The number of nitro benzene ring substituents is 1. The van der Waals surface area contributed by atoms with E-state index in [4.69, 9.17) is 16.3 Å². The Labute approximate surface area is 136 Å². The zero-order chi connectivity index (χ0) is 16.8. The molecule has 0 atom stereocenters. The molecule has 120 valence electrons. The molecule has 0 aliphatic rings. The van der Waals surface area contributed by atoms with Crippen molar-refractivity contribution < 1.29 is 18.8 Å². The van der Waals surface area contributed by atoms with Crippen LogP contribution >= 0.6 is 11.6 Å². The fourth-order valence-electron chi connectivity index (χ4n) is 1.79. The van der Waals surface area contributed by atoms with Crippen molar-refractivity contribution in [2.75, 3.05) is 18.6 Å². The number of carbonyl (C=O) groups is 1. The number of anilines is 1. The van der Waals surface area contributed by atoms with Gasteiger partial charge in [-0.25, -0.2) is 4.39 Å². The van der Waals surface area contributed by atoms with E-state index in [0.29, 0.717) is 11.4 Å². The van der Waals surface area contributed by atoms with Gasteiger partial charge in [0.15, 0.2) is 0 Å². The minimum Gasteiger partial charge on any atom is -0.491 e. The van der Waals surface area contributed by atoms with Crippen LogP contribution in [0, 0.1) is 10.1 Å². The summed E-state index contributed by atoms with van der Waals surface area (Å²) in [6.07, 6.45) is 0. The molecule has 1 N–H and O–H groups in total. The van der Waals surface area contributed by atoms with Gasteiger partial charge < -0.3 is 10.1 Å². The monoisotopic (exact) mass is 338 g/mol. The topological polar surface area (TPSA) is 81.5 Å². The Balaban J connectivity index is 2.12. The minimum atomic E-state index is -0.607. The number of ether oxygens (including phenoxy) is 1. The Bertz CT molecular complexity index is 722. The molecule has 0 unspecified atom stereocenters. The Morgan fingerprint density at radius 1 is 1.26 bits per heavy atom. The molecule has 0 aliphatic heterocycles. The lowest BCUT2D eigenvalue weighted by Gasteiger charge is -2.08. The third-order valence-electron chi connectivity index (χ3n) is 2.86. The minimum absolute atomic E-state index is 0.00128. The van der Waals surface area contributed by atoms with Crippen LogP contribution in [0.25, 0.3) is 0 Å². The van der Waals surface area contributed by atoms with Crippen LogP contribution in [0.1, 0.15) is 10.4 Å². The molecule has 2 aromatic carbocycles. The molecule has 0 aliphatic carbocycles. The Hall–Kier alpha value is -2.67. The van der Waals surface area contributed by atoms with Crippen LogP contribution in [0.2, 0.25) is 5.02 Å². The predicted octanol–water partition coefficient (Wildman–Crippen LogP) is 3.85. The van der Waals surface area contributed by atoms with E-state index >= 15 is 0 Å². The van der Waals surface area contributed by atoms with Crippen molar-refractivity contribution in [1.82, 2.24) is 0 Å². The summed E-state index contributed by atoms with van der Waals surface area (Å²) in [5, 5.41) is 13.4. The van der Waals surface area contributed by atoms with Crippen LogP contribution in [0.15, 0.2) is 42.5 Å². The molecule has 0 fully saturated rings. The highest BCUT2D eigenvalue weighted by Crippen LogP contribution is 2.23. The van der Waals surface area contributed by atoms with Crippen molar-refractivity contribution in [1.29, 1.82) is 0 Å². The second kappa shape index (κ2) is 7.55. The molecule has 2 aromatic rings. The summed E-state index contributed by atoms with van der Waals surface area (Å²) < 4.78 is 17.1. The first kappa shape index (κ1) is 16.7. The van der Waals surface area contributed by atoms with E-state index < -0.39 is 17.5 Å². The van der Waals surface area contributed by atoms with E-state index in [1.165, 1.54) is 12.1 Å². The van der Waals surface area contributed by atoms with Crippen LogP contribution in [0.5, 0.6) is 5.75 Å². The predicted molar refractivity (Wildman–Crippen MR) is 84.0 cm³/mol. The summed E-state index contributed by atoms with van der Waals surface area (Å²) in [7, 11) is 0. The van der Waals surface area contributed by atoms with Gasteiger partial charge in [0.1, 0.15) is 19.0 Å². The van der Waals surface area contributed by atoms with Gasteiger partial charge in [0.25, 0.3) is 11.6 Å². The molecule has 0 heterocycles. The molecule has 0 saturated carbocycles. The first-order valence-electron chi connectivity index (χ1n) is 6.55. The number of rotatable bonds is 6. The number of amides is 1. The number of alkyl halides is 1. The fourth-order valence-corrected chi connectivity index (χ4v) is 1.99. The smallest absolute Gasteiger partial charge is 0.270 e. The number of nitrogens with one attached hydrogen (secondary N) is 1. The number of hydrogen-bond acceptors (Lipinski definition) is 4. The zero-order valence-electron chi connectivity index (χ0n) is 11.8. The van der Waals surface area contributed by atoms with Gasteiger partial charge in [-0.05, 0) is 30.3 Å². The second-order valence-electron chi connectivity index (χ2n) is 4.44. The van der Waals surface area contributed by atoms with E-state index in [9.17, 15) is 19.3 Å². The SMILES string of the molecule is O=C(Nc1ccc(OCCF)cc1)c1cc([N+](=O)[O-])ccc1Cl. The summed E-state index contributed by atoms with van der Waals surface area (Å²) in [6, 6.07) is 9.89. The largest absolute Gasteiger partial charge is 0.491 e. The van der Waals surface area contributed by atoms with Crippen molar-refractivity contribution in [2.24, 2.45) is 0 Å². The van der Waals surface area contributed by atoms with Crippen LogP contribution in [0.4, 0.5) is 15.8 Å². The van der Waals surface area contributed by atoms with Crippen LogP contribution in [-0.4, -0.2) is 24.1 Å². The second-order valence-corrected chi connectivity index (χ2v) is 4.84. The number of nitrogens with zero attached hydrogens (tertiary/aromatic N) is 1. The van der Waals surface area contributed by atoms with Crippen LogP contribution in [0.3, 0.4) is 0 Å². The molecule has 6 nitrogen and oxygen atoms in total. The van der Waals surface area contributed by atoms with Crippen molar-refractivity contribution >= 4 is 28.9 Å². The third-order valence-corrected chi connectivity index (χ3v) is 3.19. The number of nitro groups is 1. The lowest BCUT2D eigenvalue weighted by Crippen LogP contribution is -2.12. The summed E-state index contributed by atoms with van der Waals surface area (Å²) >= 11 is 5.91. The van der Waals surface area contributed by atoms with Crippen molar-refractivity contribution in [3.8, 4) is 5.75 Å². The lowest BCUT2D eigenvalue weighted by molar-refractivity contribution is -0.384. The van der Waals surface area contributed by atoms with Crippen LogP contribution < -0.4 is 10.1 Å². The van der Waals surface area contributed by atoms with E-state index in [1.54, 1.807) is 24.3 Å². The molecule has 2 rings (SSSR count). The maximum Gasteiger partial charge on any atom is 0.270 e. The quantitative estimate of drug-likeness (QED) is 0.640. The van der Waals surface area contributed by atoms with E-state index in [2.05, 4.69) is 5.32 Å². The summed E-state index contributed by atoms with van der Waals surface area (Å²) in [5.74, 6) is -0.106. The highest BCUT2D eigenvalue weighted by molar-refractivity contribution is 6.34. The van der Waals surface area contributed by atoms with Gasteiger partial charge in [0.05, 0.1) is 15.5 Å². The molecular formula is C15H12ClFN2O4. The van der Waals surface area contributed by atoms with Crippen molar-refractivity contribution in [3.05, 3.63) is 63.2 Å². The Morgan fingerprint density at radius 3 is 2.57 bits per heavy atom. The molecular weight excluding hydrogens is 327 g/mol. The average Bonchev–Trinajstić information content (AvgIpc) is 2.54. The number of carbonyl (C=O) groups excluding carboxylic acids is 1. The number of hydrogen-bond donors (Lipinski definition) is 1. The van der Waals surface area contributed by atoms with Crippen LogP contribution in [-0.2, 0) is 0 Å². The van der Waals surface area contributed by atoms with Crippen molar-refractivity contribution in [3.63, 3.8) is 0 Å². The molecule has 23 heavy (non-hydrogen) atoms. The van der Waals surface area contributed by atoms with Gasteiger partial charge in [-0.1, -0.05) is 11.6 Å². The first-order valence-corrected chi connectivity index (χ1v) is 6.93. The number of halogens is 2. The summed E-state index contributed by atoms with van der Waals surface area (Å²) in [5.41, 5.74) is 0.221. The molecule has 0 aromatic heterocycles. The van der Waals surface area contributed by atoms with Gasteiger partial charge in [0.2, 0.25) is 0 Å². The maximum absolute atomic E-state index is 12.2. The Morgan fingerprint density at radius 2 is 1.96 bits per heavy atom. The van der Waals surface area contributed by atoms with Gasteiger partial charge in [0, 0.05) is 17.8 Å². The standard InChI is InChI=1S/C15H12ClFN2O4/c16-14-6-3-11(19(21)22)9-13(14)15(20)18-10-1-4-12(5-2-10)23-8-7-17/h1-6,9H,7-8H2,(H,18,20). The van der Waals surface area contributed by atoms with Gasteiger partial charge >= 0.3 is 0 Å². The number of benzene rings is 2. The maximum atomic E-state index is 12.2. The summed E-state index contributed by atoms with van der Waals surface area (Å²) in [4.78, 5) is 22.3. The zero-order valence-corrected chi connectivity index (χ0v) is 12.5. The van der Waals surface area contributed by atoms with Gasteiger partial charge in [-0.3, -0.25) is 14.9 Å². The highest BCUT2D eigenvalue weighted by atomic mass is 35.5. The molecule has 1 amide bonds. The molecule has 0 spiro atoms. The van der Waals surface area contributed by atoms with E-state index in [-0.39, 0.29) is 22.9 Å². The molecule has 0 saturated heterocycles. The lowest BCUT2D eigenvalue weighted by atomic mass is 10.2. The highest BCUT2D eigenvalue weighted by Gasteiger charge is 2.16. The molecule has 0 radical (unpaired) electrons. The fraction of sp³-hybridized carbons (Fsp3) is 0.133. The Kier molecular flexibility index (Phi) is 5.48. The molecule has 0 bridgehead atoms. The average molecular weight is 339 g/mol. The van der Waals surface area contributed by atoms with Gasteiger partial charge in [-0.15, -0.1) is 0 Å². The van der Waals surface area contributed by atoms with E-state index in [0.717, 1.165) is 6.07 Å². The summed E-state index contributed by atoms with van der Waals surface area (Å²) in [6.45, 7) is -0.640. The first-order chi connectivity index (χ1) is 11.0. The third kappa shape index (κ3) is 4.40. The number of non-ortho nitro benzene ring substituents is 1. The van der Waals surface area contributed by atoms with E-state index in [1.807, 2.05) is 0 Å². The van der Waals surface area contributed by atoms with Crippen molar-refractivity contribution in [2.45, 2.75) is 0 Å². The van der Waals surface area contributed by atoms with Gasteiger partial charge in [-0.2, -0.15) is 0 Å². The normalized spacial score (nSPS) is 10.2.